The number of benzene rings is 1. The number of nitrogens with one attached hydrogen (secondary N) is 2. The first-order valence-electron chi connectivity index (χ1n) is 7.59. The van der Waals surface area contributed by atoms with Crippen LogP contribution in [0.5, 0.6) is 0 Å². The van der Waals surface area contributed by atoms with Gasteiger partial charge in [-0.15, -0.1) is 0 Å². The summed E-state index contributed by atoms with van der Waals surface area (Å²) in [6, 6.07) is 4.07. The van der Waals surface area contributed by atoms with E-state index in [1.165, 1.54) is 5.57 Å². The zero-order chi connectivity index (χ0) is 16.7. The number of amides is 1. The highest BCUT2D eigenvalue weighted by molar-refractivity contribution is 5.90. The molecule has 1 aromatic carbocycles. The Balaban J connectivity index is 2.30. The third kappa shape index (κ3) is 3.81. The van der Waals surface area contributed by atoms with Gasteiger partial charge in [0.1, 0.15) is 5.60 Å². The van der Waals surface area contributed by atoms with E-state index in [0.717, 1.165) is 22.5 Å². The maximum absolute atomic E-state index is 12.0. The number of hydrogen-bond acceptors (Lipinski definition) is 3. The molecule has 1 aliphatic rings. The predicted molar refractivity (Wildman–Crippen MR) is 92.4 cm³/mol. The van der Waals surface area contributed by atoms with Crippen LogP contribution in [-0.2, 0) is 4.74 Å². The molecule has 0 fully saturated rings. The summed E-state index contributed by atoms with van der Waals surface area (Å²) in [5.41, 5.74) is 4.61. The summed E-state index contributed by atoms with van der Waals surface area (Å²) >= 11 is 0. The van der Waals surface area contributed by atoms with E-state index in [4.69, 9.17) is 4.74 Å². The molecule has 4 nitrogen and oxygen atoms in total. The van der Waals surface area contributed by atoms with Gasteiger partial charge in [0.2, 0.25) is 0 Å². The number of anilines is 2. The van der Waals surface area contributed by atoms with Gasteiger partial charge in [-0.2, -0.15) is 0 Å². The maximum Gasteiger partial charge on any atom is 0.412 e. The maximum atomic E-state index is 12.0. The standard InChI is InChI=1S/C18H26N2O2/c1-11-8-15-13(12(2)10-18(6,7)20-15)9-14(11)19-16(21)22-17(3,4)5/h8-10,20H,1-7H3,(H,19,21). The Labute approximate surface area is 132 Å². The van der Waals surface area contributed by atoms with Crippen LogP contribution in [-0.4, -0.2) is 17.2 Å². The number of carbonyl (C=O) groups excluding carboxylic acids is 1. The van der Waals surface area contributed by atoms with E-state index in [1.807, 2.05) is 33.8 Å². The number of carbonyl (C=O) groups is 1. The molecule has 1 aromatic rings. The van der Waals surface area contributed by atoms with Crippen LogP contribution in [0.2, 0.25) is 0 Å². The number of rotatable bonds is 1. The lowest BCUT2D eigenvalue weighted by atomic mass is 9.90. The highest BCUT2D eigenvalue weighted by Gasteiger charge is 2.24. The zero-order valence-electron chi connectivity index (χ0n) is 14.5. The van der Waals surface area contributed by atoms with E-state index in [1.54, 1.807) is 0 Å². The molecule has 0 saturated heterocycles. The topological polar surface area (TPSA) is 50.4 Å². The second-order valence-corrected chi connectivity index (χ2v) is 7.51. The summed E-state index contributed by atoms with van der Waals surface area (Å²) in [5, 5.41) is 6.35. The normalized spacial score (nSPS) is 16.2. The van der Waals surface area contributed by atoms with Gasteiger partial charge in [0.25, 0.3) is 0 Å². The van der Waals surface area contributed by atoms with E-state index in [2.05, 4.69) is 43.5 Å². The smallest absolute Gasteiger partial charge is 0.412 e. The van der Waals surface area contributed by atoms with Crippen LogP contribution >= 0.6 is 0 Å². The van der Waals surface area contributed by atoms with E-state index < -0.39 is 11.7 Å². The molecule has 0 radical (unpaired) electrons. The minimum atomic E-state index is -0.506. The second-order valence-electron chi connectivity index (χ2n) is 7.51. The Bertz CT molecular complexity index is 637. The van der Waals surface area contributed by atoms with E-state index in [9.17, 15) is 4.79 Å². The van der Waals surface area contributed by atoms with Crippen molar-refractivity contribution in [2.24, 2.45) is 0 Å². The van der Waals surface area contributed by atoms with Crippen molar-refractivity contribution in [2.75, 3.05) is 10.6 Å². The van der Waals surface area contributed by atoms with Gasteiger partial charge in [0.05, 0.1) is 5.54 Å². The first kappa shape index (κ1) is 16.4. The van der Waals surface area contributed by atoms with Gasteiger partial charge >= 0.3 is 6.09 Å². The van der Waals surface area contributed by atoms with Crippen LogP contribution in [0.4, 0.5) is 16.2 Å². The third-order valence-corrected chi connectivity index (χ3v) is 3.46. The third-order valence-electron chi connectivity index (χ3n) is 3.46. The van der Waals surface area contributed by atoms with Crippen molar-refractivity contribution in [3.63, 3.8) is 0 Å². The van der Waals surface area contributed by atoms with Crippen molar-refractivity contribution < 1.29 is 9.53 Å². The van der Waals surface area contributed by atoms with Crippen molar-refractivity contribution in [3.05, 3.63) is 29.3 Å². The van der Waals surface area contributed by atoms with Gasteiger partial charge in [-0.3, -0.25) is 5.32 Å². The summed E-state index contributed by atoms with van der Waals surface area (Å²) in [6.07, 6.45) is 1.77. The van der Waals surface area contributed by atoms with Crippen molar-refractivity contribution in [3.8, 4) is 0 Å². The SMILES string of the molecule is CC1=CC(C)(C)Nc2cc(C)c(NC(=O)OC(C)(C)C)cc21. The fourth-order valence-corrected chi connectivity index (χ4v) is 2.69. The Morgan fingerprint density at radius 1 is 1.23 bits per heavy atom. The minimum absolute atomic E-state index is 0.0658. The number of fused-ring (bicyclic) bond motifs is 1. The van der Waals surface area contributed by atoms with Crippen LogP contribution in [0.25, 0.3) is 5.57 Å². The monoisotopic (exact) mass is 302 g/mol. The summed E-state index contributed by atoms with van der Waals surface area (Å²) in [7, 11) is 0. The molecule has 1 amide bonds. The first-order valence-corrected chi connectivity index (χ1v) is 7.59. The summed E-state index contributed by atoms with van der Waals surface area (Å²) < 4.78 is 5.32. The molecule has 120 valence electrons. The second kappa shape index (κ2) is 5.34. The molecule has 0 spiro atoms. The first-order chi connectivity index (χ1) is 9.97. The summed E-state index contributed by atoms with van der Waals surface area (Å²) in [4.78, 5) is 12.0. The van der Waals surface area contributed by atoms with Crippen molar-refractivity contribution in [2.45, 2.75) is 59.6 Å². The summed E-state index contributed by atoms with van der Waals surface area (Å²) in [5.74, 6) is 0. The molecular formula is C18H26N2O2. The molecule has 22 heavy (non-hydrogen) atoms. The average molecular weight is 302 g/mol. The van der Waals surface area contributed by atoms with E-state index in [-0.39, 0.29) is 5.54 Å². The molecule has 0 unspecified atom stereocenters. The largest absolute Gasteiger partial charge is 0.444 e. The van der Waals surface area contributed by atoms with Gasteiger partial charge in [0, 0.05) is 16.9 Å². The van der Waals surface area contributed by atoms with E-state index >= 15 is 0 Å². The van der Waals surface area contributed by atoms with Crippen LogP contribution in [0.15, 0.2) is 18.2 Å². The number of aryl methyl sites for hydroxylation is 1. The van der Waals surface area contributed by atoms with Crippen LogP contribution in [0, 0.1) is 6.92 Å². The Hall–Kier alpha value is -1.97. The van der Waals surface area contributed by atoms with Gasteiger partial charge in [-0.1, -0.05) is 6.08 Å². The molecule has 0 aromatic heterocycles. The molecule has 0 aliphatic carbocycles. The van der Waals surface area contributed by atoms with Crippen molar-refractivity contribution in [1.29, 1.82) is 0 Å². The van der Waals surface area contributed by atoms with Crippen LogP contribution < -0.4 is 10.6 Å². The molecular weight excluding hydrogens is 276 g/mol. The van der Waals surface area contributed by atoms with Crippen molar-refractivity contribution >= 4 is 23.0 Å². The molecule has 2 rings (SSSR count). The number of hydrogen-bond donors (Lipinski definition) is 2. The van der Waals surface area contributed by atoms with Gasteiger partial charge in [-0.05, 0) is 71.7 Å². The molecule has 4 heteroatoms. The number of allylic oxidation sites excluding steroid dienone is 1. The quantitative estimate of drug-likeness (QED) is 0.771. The van der Waals surface area contributed by atoms with Gasteiger partial charge in [-0.25, -0.2) is 4.79 Å². The molecule has 1 heterocycles. The lowest BCUT2D eigenvalue weighted by Crippen LogP contribution is -2.31. The Morgan fingerprint density at radius 3 is 2.45 bits per heavy atom. The minimum Gasteiger partial charge on any atom is -0.444 e. The molecule has 0 atom stereocenters. The fraction of sp³-hybridized carbons (Fsp3) is 0.500. The van der Waals surface area contributed by atoms with E-state index in [0.29, 0.717) is 0 Å². The predicted octanol–water partition coefficient (Wildman–Crippen LogP) is 4.95. The summed E-state index contributed by atoms with van der Waals surface area (Å²) in [6.45, 7) is 13.9. The Kier molecular flexibility index (Phi) is 3.98. The molecule has 2 N–H and O–H groups in total. The van der Waals surface area contributed by atoms with Gasteiger partial charge < -0.3 is 10.1 Å². The average Bonchev–Trinajstić information content (AvgIpc) is 2.27. The fourth-order valence-electron chi connectivity index (χ4n) is 2.69. The highest BCUT2D eigenvalue weighted by Crippen LogP contribution is 2.36. The van der Waals surface area contributed by atoms with Gasteiger partial charge in [0.15, 0.2) is 0 Å². The molecule has 0 saturated carbocycles. The Morgan fingerprint density at radius 2 is 1.86 bits per heavy atom. The van der Waals surface area contributed by atoms with Crippen molar-refractivity contribution in [1.82, 2.24) is 0 Å². The zero-order valence-corrected chi connectivity index (χ0v) is 14.5. The highest BCUT2D eigenvalue weighted by atomic mass is 16.6. The number of ether oxygens (including phenoxy) is 1. The molecule has 0 bridgehead atoms. The van der Waals surface area contributed by atoms with Crippen LogP contribution in [0.1, 0.15) is 52.7 Å². The molecule has 1 aliphatic heterocycles. The lowest BCUT2D eigenvalue weighted by molar-refractivity contribution is 0.0636. The van der Waals surface area contributed by atoms with Crippen LogP contribution in [0.3, 0.4) is 0 Å². The lowest BCUT2D eigenvalue weighted by Gasteiger charge is -2.32.